The first-order chi connectivity index (χ1) is 15.8. The normalized spacial score (nSPS) is 12.0. The first kappa shape index (κ1) is 26.2. The van der Waals surface area contributed by atoms with Crippen LogP contribution in [-0.2, 0) is 0 Å². The van der Waals surface area contributed by atoms with Gasteiger partial charge in [0.25, 0.3) is 0 Å². The number of hydrogen-bond acceptors (Lipinski definition) is 7. The number of rotatable bonds is 11. The minimum absolute atomic E-state index is 0.167. The molecule has 1 unspecified atom stereocenters. The van der Waals surface area contributed by atoms with E-state index >= 15 is 0 Å². The van der Waals surface area contributed by atoms with Crippen LogP contribution in [0.15, 0.2) is 35.9 Å². The Bertz CT molecular complexity index is 1010. The number of ether oxygens (including phenoxy) is 4. The molecule has 1 atom stereocenters. The molecule has 2 rings (SSSR count). The number of carbonyl (C=O) groups excluding carboxylic acids is 1. The number of carbonyl (C=O) groups is 1. The molecular formula is C25H32N2O5S. The lowest BCUT2D eigenvalue weighted by Crippen LogP contribution is -2.34. The molecule has 8 heteroatoms. The molecule has 3 N–H and O–H groups in total. The van der Waals surface area contributed by atoms with Gasteiger partial charge in [0.05, 0.1) is 45.2 Å². The molecule has 7 nitrogen and oxygen atoms in total. The maximum absolute atomic E-state index is 13.1. The molecule has 178 valence electrons. The van der Waals surface area contributed by atoms with Crippen LogP contribution in [0.25, 0.3) is 6.08 Å². The molecule has 2 aromatic carbocycles. The van der Waals surface area contributed by atoms with Crippen molar-refractivity contribution in [2.45, 2.75) is 32.7 Å². The van der Waals surface area contributed by atoms with Crippen LogP contribution < -0.4 is 30.0 Å². The summed E-state index contributed by atoms with van der Waals surface area (Å²) in [7, 11) is 6.13. The topological polar surface area (TPSA) is 92.0 Å². The van der Waals surface area contributed by atoms with Gasteiger partial charge in [0, 0.05) is 5.56 Å². The van der Waals surface area contributed by atoms with Gasteiger partial charge in [0.1, 0.15) is 5.75 Å². The van der Waals surface area contributed by atoms with Gasteiger partial charge in [-0.2, -0.15) is 0 Å². The maximum atomic E-state index is 13.1. The third-order valence-corrected chi connectivity index (χ3v) is 5.49. The third kappa shape index (κ3) is 6.46. The van der Waals surface area contributed by atoms with Crippen molar-refractivity contribution in [3.05, 3.63) is 47.0 Å². The van der Waals surface area contributed by atoms with E-state index in [2.05, 4.69) is 12.2 Å². The molecule has 0 aliphatic heterocycles. The lowest BCUT2D eigenvalue weighted by molar-refractivity contribution is 0.103. The molecular weight excluding hydrogens is 440 g/mol. The van der Waals surface area contributed by atoms with Crippen LogP contribution >= 0.6 is 12.2 Å². The van der Waals surface area contributed by atoms with Crippen molar-refractivity contribution in [3.8, 4) is 23.0 Å². The molecule has 0 spiro atoms. The van der Waals surface area contributed by atoms with Crippen LogP contribution in [0.1, 0.15) is 42.6 Å². The first-order valence-electron chi connectivity index (χ1n) is 10.6. The quantitative estimate of drug-likeness (QED) is 0.272. The molecule has 0 bridgehead atoms. The van der Waals surface area contributed by atoms with Crippen molar-refractivity contribution in [3.63, 3.8) is 0 Å². The number of benzene rings is 2. The molecule has 0 aliphatic carbocycles. The fourth-order valence-electron chi connectivity index (χ4n) is 3.34. The highest BCUT2D eigenvalue weighted by Gasteiger charge is 2.18. The number of nitrogens with one attached hydrogen (secondary N) is 1. The fraction of sp³-hybridized carbons (Fsp3) is 0.360. The minimum atomic E-state index is -0.239. The van der Waals surface area contributed by atoms with Crippen LogP contribution in [0.2, 0.25) is 0 Å². The Labute approximate surface area is 200 Å². The number of anilines is 1. The van der Waals surface area contributed by atoms with Gasteiger partial charge in [-0.05, 0) is 54.8 Å². The molecule has 0 saturated heterocycles. The number of methoxy groups -OCH3 is 4. The van der Waals surface area contributed by atoms with Gasteiger partial charge in [0.15, 0.2) is 17.3 Å². The minimum Gasteiger partial charge on any atom is -0.495 e. The maximum Gasteiger partial charge on any atom is 0.203 e. The number of hydrogen-bond donors (Lipinski definition) is 2. The zero-order valence-corrected chi connectivity index (χ0v) is 20.8. The second-order valence-corrected chi connectivity index (χ2v) is 7.85. The lowest BCUT2D eigenvalue weighted by atomic mass is 10.0. The number of nitrogens with two attached hydrogens (primary N) is 1. The van der Waals surface area contributed by atoms with Gasteiger partial charge in [-0.3, -0.25) is 4.79 Å². The molecule has 0 amide bonds. The molecule has 33 heavy (non-hydrogen) atoms. The Morgan fingerprint density at radius 3 is 2.15 bits per heavy atom. The third-order valence-electron chi connectivity index (χ3n) is 5.09. The first-order valence-corrected chi connectivity index (χ1v) is 11.0. The van der Waals surface area contributed by atoms with Crippen molar-refractivity contribution in [1.82, 2.24) is 0 Å². The summed E-state index contributed by atoms with van der Waals surface area (Å²) in [5, 5.41) is 3.18. The van der Waals surface area contributed by atoms with E-state index in [-0.39, 0.29) is 11.8 Å². The molecule has 0 fully saturated rings. The fourth-order valence-corrected chi connectivity index (χ4v) is 3.56. The SMILES string of the molecule is CCCC(N)C(=S)Nc1cc(C=C(C)C(=O)c2cc(OC)c(OC)c(OC)c2)ccc1OC. The lowest BCUT2D eigenvalue weighted by Gasteiger charge is -2.17. The van der Waals surface area contributed by atoms with Crippen LogP contribution in [0.3, 0.4) is 0 Å². The average Bonchev–Trinajstić information content (AvgIpc) is 2.82. The second-order valence-electron chi connectivity index (χ2n) is 7.41. The van der Waals surface area contributed by atoms with E-state index in [1.807, 2.05) is 18.2 Å². The van der Waals surface area contributed by atoms with Crippen molar-refractivity contribution >= 4 is 34.8 Å². The zero-order chi connectivity index (χ0) is 24.5. The van der Waals surface area contributed by atoms with Gasteiger partial charge >= 0.3 is 0 Å². The molecule has 0 heterocycles. The van der Waals surface area contributed by atoms with Crippen LogP contribution in [0, 0.1) is 0 Å². The molecule has 0 saturated carbocycles. The Balaban J connectivity index is 2.37. The smallest absolute Gasteiger partial charge is 0.203 e. The summed E-state index contributed by atoms with van der Waals surface area (Å²) in [5.74, 6) is 1.73. The molecule has 0 radical (unpaired) electrons. The summed E-state index contributed by atoms with van der Waals surface area (Å²) in [6, 6.07) is 8.59. The van der Waals surface area contributed by atoms with E-state index in [4.69, 9.17) is 36.9 Å². The Morgan fingerprint density at radius 1 is 1.03 bits per heavy atom. The zero-order valence-electron chi connectivity index (χ0n) is 20.0. The van der Waals surface area contributed by atoms with Gasteiger partial charge in [0.2, 0.25) is 5.75 Å². The van der Waals surface area contributed by atoms with E-state index < -0.39 is 0 Å². The highest BCUT2D eigenvalue weighted by atomic mass is 32.1. The van der Waals surface area contributed by atoms with Crippen molar-refractivity contribution in [1.29, 1.82) is 0 Å². The summed E-state index contributed by atoms with van der Waals surface area (Å²) in [6.45, 7) is 3.81. The Morgan fingerprint density at radius 2 is 1.64 bits per heavy atom. The van der Waals surface area contributed by atoms with Crippen LogP contribution in [-0.4, -0.2) is 45.3 Å². The summed E-state index contributed by atoms with van der Waals surface area (Å²) in [4.78, 5) is 13.7. The average molecular weight is 473 g/mol. The Kier molecular flexibility index (Phi) is 9.69. The highest BCUT2D eigenvalue weighted by Crippen LogP contribution is 2.38. The van der Waals surface area contributed by atoms with Gasteiger partial charge < -0.3 is 30.0 Å². The summed E-state index contributed by atoms with van der Waals surface area (Å²) in [6.07, 6.45) is 3.52. The van der Waals surface area contributed by atoms with E-state index in [9.17, 15) is 4.79 Å². The predicted molar refractivity (Wildman–Crippen MR) is 136 cm³/mol. The van der Waals surface area contributed by atoms with Crippen LogP contribution in [0.5, 0.6) is 23.0 Å². The molecule has 0 aromatic heterocycles. The predicted octanol–water partition coefficient (Wildman–Crippen LogP) is 4.87. The van der Waals surface area contributed by atoms with Gasteiger partial charge in [-0.1, -0.05) is 31.6 Å². The number of allylic oxidation sites excluding steroid dienone is 1. The largest absolute Gasteiger partial charge is 0.495 e. The second kappa shape index (κ2) is 12.2. The van der Waals surface area contributed by atoms with Gasteiger partial charge in [-0.25, -0.2) is 0 Å². The summed E-state index contributed by atoms with van der Waals surface area (Å²) in [5.41, 5.74) is 8.59. The van der Waals surface area contributed by atoms with Crippen LogP contribution in [0.4, 0.5) is 5.69 Å². The van der Waals surface area contributed by atoms with E-state index in [0.717, 1.165) is 18.4 Å². The molecule has 0 aliphatic rings. The van der Waals surface area contributed by atoms with E-state index in [1.54, 1.807) is 32.2 Å². The summed E-state index contributed by atoms with van der Waals surface area (Å²) < 4.78 is 21.5. The Hall–Kier alpha value is -3.10. The molecule has 2 aromatic rings. The number of ketones is 1. The highest BCUT2D eigenvalue weighted by molar-refractivity contribution is 7.80. The number of Topliss-reactive ketones (excluding diaryl/α,β-unsaturated/α-hetero) is 1. The van der Waals surface area contributed by atoms with Gasteiger partial charge in [-0.15, -0.1) is 0 Å². The summed E-state index contributed by atoms with van der Waals surface area (Å²) >= 11 is 5.44. The standard InChI is InChI=1S/C25H32N2O5S/c1-7-8-18(26)25(33)27-19-12-16(9-10-20(19)29-3)11-15(2)23(28)17-13-21(30-4)24(32-6)22(14-17)31-5/h9-14,18H,7-8,26H2,1-6H3,(H,27,33). The van der Waals surface area contributed by atoms with Crippen molar-refractivity contribution < 1.29 is 23.7 Å². The monoisotopic (exact) mass is 472 g/mol. The number of thiocarbonyl (C=S) groups is 1. The van der Waals surface area contributed by atoms with Crippen molar-refractivity contribution in [2.75, 3.05) is 33.8 Å². The van der Waals surface area contributed by atoms with Crippen molar-refractivity contribution in [2.24, 2.45) is 5.73 Å². The van der Waals surface area contributed by atoms with E-state index in [1.165, 1.54) is 21.3 Å². The van der Waals surface area contributed by atoms with E-state index in [0.29, 0.717) is 44.8 Å².